The minimum absolute atomic E-state index is 0.0452. The summed E-state index contributed by atoms with van der Waals surface area (Å²) in [5, 5.41) is 0. The first-order chi connectivity index (χ1) is 16.8. The summed E-state index contributed by atoms with van der Waals surface area (Å²) >= 11 is 1.67. The predicted molar refractivity (Wildman–Crippen MR) is 132 cm³/mol. The third-order valence-corrected chi connectivity index (χ3v) is 8.06. The zero-order valence-corrected chi connectivity index (χ0v) is 19.6. The Morgan fingerprint density at radius 1 is 0.941 bits per heavy atom. The Morgan fingerprint density at radius 3 is 2.32 bits per heavy atom. The van der Waals surface area contributed by atoms with Crippen molar-refractivity contribution in [1.29, 1.82) is 0 Å². The molecule has 174 valence electrons. The van der Waals surface area contributed by atoms with Gasteiger partial charge >= 0.3 is 0 Å². The molecule has 0 N–H and O–H groups in total. The number of thioether (sulfide) groups is 1. The predicted octanol–water partition coefficient (Wildman–Crippen LogP) is 5.27. The third kappa shape index (κ3) is 3.89. The second-order valence-corrected chi connectivity index (χ2v) is 10.1. The number of hydrogen-bond acceptors (Lipinski definition) is 6. The molecular weight excluding hydrogens is 446 g/mol. The number of rotatable bonds is 7. The van der Waals surface area contributed by atoms with Crippen molar-refractivity contribution in [2.45, 2.75) is 47.1 Å². The lowest BCUT2D eigenvalue weighted by Crippen LogP contribution is -2.54. The van der Waals surface area contributed by atoms with E-state index < -0.39 is 11.9 Å². The highest BCUT2D eigenvalue weighted by atomic mass is 32.2. The van der Waals surface area contributed by atoms with Crippen LogP contribution in [0.25, 0.3) is 0 Å². The Bertz CT molecular complexity index is 1120. The van der Waals surface area contributed by atoms with Crippen molar-refractivity contribution in [3.63, 3.8) is 0 Å². The Labute approximate surface area is 204 Å². The number of aliphatic imine (C=N–C) groups is 1. The van der Waals surface area contributed by atoms with Crippen LogP contribution >= 0.6 is 11.8 Å². The van der Waals surface area contributed by atoms with Gasteiger partial charge in [-0.15, -0.1) is 0 Å². The zero-order chi connectivity index (χ0) is 23.0. The molecule has 0 radical (unpaired) electrons. The van der Waals surface area contributed by atoms with Crippen LogP contribution < -0.4 is 0 Å². The minimum Gasteiger partial charge on any atom is -0.370 e. The second kappa shape index (κ2) is 9.29. The van der Waals surface area contributed by atoms with Crippen molar-refractivity contribution in [3.05, 3.63) is 102 Å². The van der Waals surface area contributed by atoms with Gasteiger partial charge in [0, 0.05) is 16.4 Å². The van der Waals surface area contributed by atoms with E-state index in [1.807, 2.05) is 66.7 Å². The summed E-state index contributed by atoms with van der Waals surface area (Å²) in [7, 11) is 0. The van der Waals surface area contributed by atoms with Crippen LogP contribution in [-0.2, 0) is 25.6 Å². The minimum atomic E-state index is -0.604. The van der Waals surface area contributed by atoms with Gasteiger partial charge in [0.2, 0.25) is 0 Å². The quantitative estimate of drug-likeness (QED) is 0.438. The smallest absolute Gasteiger partial charge is 0.184 e. The molecule has 1 aliphatic carbocycles. The van der Waals surface area contributed by atoms with Crippen LogP contribution in [-0.4, -0.2) is 42.6 Å². The summed E-state index contributed by atoms with van der Waals surface area (Å²) in [6.07, 6.45) is -0.847. The lowest BCUT2D eigenvalue weighted by molar-refractivity contribution is -0.301. The van der Waals surface area contributed by atoms with Gasteiger partial charge in [0.05, 0.1) is 25.4 Å². The maximum Gasteiger partial charge on any atom is 0.184 e. The molecule has 2 aliphatic heterocycles. The summed E-state index contributed by atoms with van der Waals surface area (Å²) < 4.78 is 26.0. The lowest BCUT2D eigenvalue weighted by atomic mass is 10.0. The number of hydrogen-bond donors (Lipinski definition) is 0. The highest BCUT2D eigenvalue weighted by Gasteiger charge is 2.79. The van der Waals surface area contributed by atoms with Crippen LogP contribution in [0.5, 0.6) is 0 Å². The van der Waals surface area contributed by atoms with Gasteiger partial charge in [0.25, 0.3) is 0 Å². The van der Waals surface area contributed by atoms with Gasteiger partial charge in [0.1, 0.15) is 17.1 Å². The topological polar surface area (TPSA) is 49.3 Å². The van der Waals surface area contributed by atoms with Crippen molar-refractivity contribution < 1.29 is 18.9 Å². The van der Waals surface area contributed by atoms with E-state index in [1.165, 1.54) is 0 Å². The Hall–Kier alpha value is -2.48. The van der Waals surface area contributed by atoms with Gasteiger partial charge in [-0.2, -0.15) is 0 Å². The van der Waals surface area contributed by atoms with E-state index in [0.29, 0.717) is 13.2 Å². The third-order valence-electron chi connectivity index (χ3n) is 6.89. The molecule has 7 atom stereocenters. The van der Waals surface area contributed by atoms with Crippen LogP contribution in [0.15, 0.2) is 101 Å². The number of benzene rings is 3. The van der Waals surface area contributed by atoms with Gasteiger partial charge in [-0.3, -0.25) is 4.99 Å². The monoisotopic (exact) mass is 473 g/mol. The fourth-order valence-electron chi connectivity index (χ4n) is 5.22. The summed E-state index contributed by atoms with van der Waals surface area (Å²) in [5.41, 5.74) is 1.33. The maximum atomic E-state index is 6.70. The summed E-state index contributed by atoms with van der Waals surface area (Å²) in [5.74, 6) is 0.0452. The Kier molecular flexibility index (Phi) is 6.01. The van der Waals surface area contributed by atoms with Gasteiger partial charge in [-0.1, -0.05) is 90.6 Å². The zero-order valence-electron chi connectivity index (χ0n) is 18.7. The number of ether oxygens (including phenoxy) is 4. The fraction of sp³-hybridized carbons (Fsp3) is 0.321. The normalized spacial score (nSPS) is 34.0. The molecule has 34 heavy (non-hydrogen) atoms. The van der Waals surface area contributed by atoms with Crippen LogP contribution in [0.4, 0.5) is 0 Å². The van der Waals surface area contributed by atoms with Crippen molar-refractivity contribution in [3.8, 4) is 0 Å². The van der Waals surface area contributed by atoms with Gasteiger partial charge < -0.3 is 18.9 Å². The molecule has 6 rings (SSSR count). The average molecular weight is 474 g/mol. The summed E-state index contributed by atoms with van der Waals surface area (Å²) in [6, 6.07) is 30.4. The molecule has 5 unspecified atom stereocenters. The van der Waals surface area contributed by atoms with Crippen LogP contribution in [0.3, 0.4) is 0 Å². The van der Waals surface area contributed by atoms with Crippen molar-refractivity contribution in [2.75, 3.05) is 6.61 Å². The molecule has 0 aromatic heterocycles. The second-order valence-electron chi connectivity index (χ2n) is 8.89. The standard InChI is InChI=1S/C28H27NO4S/c1-29-24-23-25(30-17-19-11-5-2-6-12-19)28(23)22(32-27(24)34-21-15-9-4-10-16-21)18-31-26(33-28)20-13-7-3-8-14-20/h2-16,22-27H,1,17-18H2/t22?,23?,24?,25?,26-,27-,28?/m0/s1. The first kappa shape index (κ1) is 22.0. The SMILES string of the molecule is C=NC1C2C(OCc3ccccc3)C23O[C@@H](c2ccccc2)OCC3O[C@H]1Sc1ccccc1. The fourth-order valence-corrected chi connectivity index (χ4v) is 6.39. The Balaban J connectivity index is 1.29. The van der Waals surface area contributed by atoms with Crippen LogP contribution in [0.2, 0.25) is 0 Å². The van der Waals surface area contributed by atoms with E-state index in [2.05, 4.69) is 36.0 Å². The highest BCUT2D eigenvalue weighted by Crippen LogP contribution is 2.63. The van der Waals surface area contributed by atoms with Crippen molar-refractivity contribution in [2.24, 2.45) is 10.9 Å². The molecule has 3 aromatic rings. The molecule has 1 saturated carbocycles. The molecule has 3 fully saturated rings. The van der Waals surface area contributed by atoms with E-state index >= 15 is 0 Å². The van der Waals surface area contributed by atoms with Crippen LogP contribution in [0.1, 0.15) is 17.4 Å². The number of nitrogens with zero attached hydrogens (tertiary/aromatic N) is 1. The van der Waals surface area contributed by atoms with Gasteiger partial charge in [0.15, 0.2) is 6.29 Å². The Morgan fingerprint density at radius 2 is 1.62 bits per heavy atom. The molecule has 2 heterocycles. The lowest BCUT2D eigenvalue weighted by Gasteiger charge is -2.43. The average Bonchev–Trinajstić information content (AvgIpc) is 3.54. The first-order valence-electron chi connectivity index (χ1n) is 11.6. The van der Waals surface area contributed by atoms with E-state index in [9.17, 15) is 0 Å². The molecule has 0 amide bonds. The van der Waals surface area contributed by atoms with E-state index in [0.717, 1.165) is 16.0 Å². The van der Waals surface area contributed by atoms with E-state index in [4.69, 9.17) is 18.9 Å². The van der Waals surface area contributed by atoms with Crippen molar-refractivity contribution in [1.82, 2.24) is 0 Å². The molecule has 3 aliphatic rings. The molecule has 2 saturated heterocycles. The molecule has 3 aromatic carbocycles. The van der Waals surface area contributed by atoms with Crippen LogP contribution in [0, 0.1) is 5.92 Å². The largest absolute Gasteiger partial charge is 0.370 e. The maximum absolute atomic E-state index is 6.70. The highest BCUT2D eigenvalue weighted by molar-refractivity contribution is 7.99. The molecule has 5 nitrogen and oxygen atoms in total. The summed E-state index contributed by atoms with van der Waals surface area (Å²) in [4.78, 5) is 5.68. The van der Waals surface area contributed by atoms with E-state index in [-0.39, 0.29) is 29.6 Å². The van der Waals surface area contributed by atoms with E-state index in [1.54, 1.807) is 11.8 Å². The van der Waals surface area contributed by atoms with Crippen molar-refractivity contribution >= 4 is 18.5 Å². The first-order valence-corrected chi connectivity index (χ1v) is 12.5. The molecule has 0 bridgehead atoms. The molecule has 1 spiro atoms. The molecule has 6 heteroatoms. The molecular formula is C28H27NO4S. The van der Waals surface area contributed by atoms with Gasteiger partial charge in [-0.05, 0) is 24.4 Å². The van der Waals surface area contributed by atoms with Gasteiger partial charge in [-0.25, -0.2) is 0 Å². The summed E-state index contributed by atoms with van der Waals surface area (Å²) in [6.45, 7) is 4.88.